The Labute approximate surface area is 119 Å². The Bertz CT molecular complexity index is 424. The van der Waals surface area contributed by atoms with E-state index in [1.165, 1.54) is 12.1 Å². The van der Waals surface area contributed by atoms with E-state index >= 15 is 0 Å². The minimum absolute atomic E-state index is 0.0188. The maximum atomic E-state index is 10.9. The second kappa shape index (κ2) is 9.14. The molecule has 0 spiro atoms. The van der Waals surface area contributed by atoms with E-state index in [0.717, 1.165) is 19.4 Å². The fourth-order valence-corrected chi connectivity index (χ4v) is 1.65. The SMILES string of the molecule is CCCCOCCOc1cc(NCC)cc([N+](=O)[O-])c1. The van der Waals surface area contributed by atoms with Crippen molar-refractivity contribution in [3.05, 3.63) is 28.3 Å². The molecule has 20 heavy (non-hydrogen) atoms. The van der Waals surface area contributed by atoms with Crippen LogP contribution in [-0.4, -0.2) is 31.3 Å². The fourth-order valence-electron chi connectivity index (χ4n) is 1.65. The molecule has 0 unspecified atom stereocenters. The maximum absolute atomic E-state index is 10.9. The lowest BCUT2D eigenvalue weighted by Crippen LogP contribution is -2.08. The zero-order chi connectivity index (χ0) is 14.8. The molecule has 0 fully saturated rings. The molecule has 112 valence electrons. The number of unbranched alkanes of at least 4 members (excludes halogenated alkanes) is 1. The van der Waals surface area contributed by atoms with Gasteiger partial charge >= 0.3 is 0 Å². The van der Waals surface area contributed by atoms with Crippen molar-refractivity contribution in [1.29, 1.82) is 0 Å². The van der Waals surface area contributed by atoms with Crippen LogP contribution in [0.1, 0.15) is 26.7 Å². The summed E-state index contributed by atoms with van der Waals surface area (Å²) in [5.74, 6) is 0.481. The summed E-state index contributed by atoms with van der Waals surface area (Å²) in [6.07, 6.45) is 2.12. The number of non-ortho nitro benzene ring substituents is 1. The van der Waals surface area contributed by atoms with E-state index in [9.17, 15) is 10.1 Å². The molecule has 0 amide bonds. The van der Waals surface area contributed by atoms with Crippen LogP contribution in [0.5, 0.6) is 5.75 Å². The highest BCUT2D eigenvalue weighted by atomic mass is 16.6. The highest BCUT2D eigenvalue weighted by molar-refractivity contribution is 5.56. The van der Waals surface area contributed by atoms with Gasteiger partial charge in [0.2, 0.25) is 0 Å². The van der Waals surface area contributed by atoms with Crippen molar-refractivity contribution >= 4 is 11.4 Å². The van der Waals surface area contributed by atoms with Crippen molar-refractivity contribution in [3.8, 4) is 5.75 Å². The van der Waals surface area contributed by atoms with Gasteiger partial charge in [0.05, 0.1) is 17.6 Å². The first kappa shape index (κ1) is 16.2. The van der Waals surface area contributed by atoms with Gasteiger partial charge in [-0.15, -0.1) is 0 Å². The van der Waals surface area contributed by atoms with Crippen LogP contribution in [0.4, 0.5) is 11.4 Å². The number of hydrogen-bond donors (Lipinski definition) is 1. The van der Waals surface area contributed by atoms with Gasteiger partial charge in [0.25, 0.3) is 5.69 Å². The highest BCUT2D eigenvalue weighted by Crippen LogP contribution is 2.25. The Morgan fingerprint density at radius 2 is 2.00 bits per heavy atom. The predicted octanol–water partition coefficient (Wildman–Crippen LogP) is 3.22. The molecule has 0 aliphatic carbocycles. The van der Waals surface area contributed by atoms with E-state index < -0.39 is 4.92 Å². The number of nitro groups is 1. The van der Waals surface area contributed by atoms with Crippen LogP contribution in [0.2, 0.25) is 0 Å². The number of rotatable bonds is 10. The van der Waals surface area contributed by atoms with Crippen molar-refractivity contribution in [2.24, 2.45) is 0 Å². The Kier molecular flexibility index (Phi) is 7.42. The number of anilines is 1. The van der Waals surface area contributed by atoms with Crippen molar-refractivity contribution in [1.82, 2.24) is 0 Å². The molecule has 0 atom stereocenters. The van der Waals surface area contributed by atoms with E-state index in [1.54, 1.807) is 6.07 Å². The molecule has 0 aliphatic rings. The van der Waals surface area contributed by atoms with Gasteiger partial charge < -0.3 is 14.8 Å². The van der Waals surface area contributed by atoms with Crippen LogP contribution in [0, 0.1) is 10.1 Å². The van der Waals surface area contributed by atoms with E-state index in [2.05, 4.69) is 12.2 Å². The molecule has 0 heterocycles. The minimum Gasteiger partial charge on any atom is -0.491 e. The molecule has 1 N–H and O–H groups in total. The van der Waals surface area contributed by atoms with Crippen LogP contribution in [0.15, 0.2) is 18.2 Å². The Hall–Kier alpha value is -1.82. The topological polar surface area (TPSA) is 73.6 Å². The third kappa shape index (κ3) is 5.88. The molecule has 0 aromatic heterocycles. The monoisotopic (exact) mass is 282 g/mol. The van der Waals surface area contributed by atoms with Crippen LogP contribution in [0.25, 0.3) is 0 Å². The average Bonchev–Trinajstić information content (AvgIpc) is 2.43. The Morgan fingerprint density at radius 3 is 2.65 bits per heavy atom. The summed E-state index contributed by atoms with van der Waals surface area (Å²) in [5, 5.41) is 13.9. The molecule has 1 rings (SSSR count). The lowest BCUT2D eigenvalue weighted by Gasteiger charge is -2.09. The summed E-state index contributed by atoms with van der Waals surface area (Å²) in [4.78, 5) is 10.4. The zero-order valence-corrected chi connectivity index (χ0v) is 12.1. The van der Waals surface area contributed by atoms with E-state index in [0.29, 0.717) is 31.2 Å². The minimum atomic E-state index is -0.425. The molecular formula is C14H22N2O4. The van der Waals surface area contributed by atoms with Gasteiger partial charge in [0.15, 0.2) is 0 Å². The van der Waals surface area contributed by atoms with Gasteiger partial charge in [-0.05, 0) is 13.3 Å². The molecule has 0 radical (unpaired) electrons. The molecular weight excluding hydrogens is 260 g/mol. The standard InChI is InChI=1S/C14H22N2O4/c1-3-5-6-19-7-8-20-14-10-12(15-4-2)9-13(11-14)16(17)18/h9-11,15H,3-8H2,1-2H3. The number of hydrogen-bond acceptors (Lipinski definition) is 5. The van der Waals surface area contributed by atoms with Gasteiger partial charge in [0, 0.05) is 31.0 Å². The second-order valence-electron chi connectivity index (χ2n) is 4.32. The van der Waals surface area contributed by atoms with E-state index in [4.69, 9.17) is 9.47 Å². The van der Waals surface area contributed by atoms with Crippen molar-refractivity contribution in [2.45, 2.75) is 26.7 Å². The molecule has 6 heteroatoms. The third-order valence-corrected chi connectivity index (χ3v) is 2.62. The first-order valence-corrected chi connectivity index (χ1v) is 6.91. The highest BCUT2D eigenvalue weighted by Gasteiger charge is 2.10. The largest absolute Gasteiger partial charge is 0.491 e. The summed E-state index contributed by atoms with van der Waals surface area (Å²) in [6.45, 7) is 6.32. The fraction of sp³-hybridized carbons (Fsp3) is 0.571. The van der Waals surface area contributed by atoms with Crippen molar-refractivity contribution in [3.63, 3.8) is 0 Å². The van der Waals surface area contributed by atoms with Gasteiger partial charge in [-0.2, -0.15) is 0 Å². The number of nitro benzene ring substituents is 1. The van der Waals surface area contributed by atoms with Crippen molar-refractivity contribution < 1.29 is 14.4 Å². The lowest BCUT2D eigenvalue weighted by molar-refractivity contribution is -0.384. The number of nitrogens with zero attached hydrogens (tertiary/aromatic N) is 1. The summed E-state index contributed by atoms with van der Waals surface area (Å²) in [7, 11) is 0. The molecule has 0 saturated carbocycles. The van der Waals surface area contributed by atoms with Crippen molar-refractivity contribution in [2.75, 3.05) is 31.7 Å². The molecule has 0 aliphatic heterocycles. The van der Waals surface area contributed by atoms with Gasteiger partial charge in [-0.3, -0.25) is 10.1 Å². The van der Waals surface area contributed by atoms with Crippen LogP contribution in [-0.2, 0) is 4.74 Å². The number of nitrogens with one attached hydrogen (secondary N) is 1. The summed E-state index contributed by atoms with van der Waals surface area (Å²) < 4.78 is 10.9. The first-order valence-electron chi connectivity index (χ1n) is 6.91. The molecule has 0 bridgehead atoms. The smallest absolute Gasteiger partial charge is 0.275 e. The van der Waals surface area contributed by atoms with E-state index in [1.807, 2.05) is 6.92 Å². The number of ether oxygens (including phenoxy) is 2. The molecule has 0 saturated heterocycles. The normalized spacial score (nSPS) is 10.3. The Morgan fingerprint density at radius 1 is 1.20 bits per heavy atom. The maximum Gasteiger partial charge on any atom is 0.275 e. The van der Waals surface area contributed by atoms with Gasteiger partial charge in [0.1, 0.15) is 12.4 Å². The molecule has 1 aromatic carbocycles. The number of benzene rings is 1. The average molecular weight is 282 g/mol. The third-order valence-electron chi connectivity index (χ3n) is 2.62. The zero-order valence-electron chi connectivity index (χ0n) is 12.1. The lowest BCUT2D eigenvalue weighted by atomic mass is 10.2. The molecule has 6 nitrogen and oxygen atoms in total. The van der Waals surface area contributed by atoms with Gasteiger partial charge in [-0.1, -0.05) is 13.3 Å². The second-order valence-corrected chi connectivity index (χ2v) is 4.32. The summed E-state index contributed by atoms with van der Waals surface area (Å²) >= 11 is 0. The predicted molar refractivity (Wildman–Crippen MR) is 78.5 cm³/mol. The van der Waals surface area contributed by atoms with Crippen LogP contribution in [0.3, 0.4) is 0 Å². The van der Waals surface area contributed by atoms with E-state index in [-0.39, 0.29) is 5.69 Å². The molecule has 1 aromatic rings. The first-order chi connectivity index (χ1) is 9.67. The summed E-state index contributed by atoms with van der Waals surface area (Å²) in [6, 6.07) is 4.67. The Balaban J connectivity index is 2.53. The van der Waals surface area contributed by atoms with Crippen LogP contribution >= 0.6 is 0 Å². The van der Waals surface area contributed by atoms with Crippen LogP contribution < -0.4 is 10.1 Å². The quantitative estimate of drug-likeness (QED) is 0.405. The summed E-state index contributed by atoms with van der Waals surface area (Å²) in [5.41, 5.74) is 0.703. The van der Waals surface area contributed by atoms with Gasteiger partial charge in [-0.25, -0.2) is 0 Å².